The summed E-state index contributed by atoms with van der Waals surface area (Å²) in [6, 6.07) is 10.4. The largest absolute Gasteiger partial charge is 0.354 e. The van der Waals surface area contributed by atoms with E-state index >= 15 is 0 Å². The van der Waals surface area contributed by atoms with E-state index in [1.54, 1.807) is 42.4 Å². The Bertz CT molecular complexity index is 637. The maximum atomic E-state index is 13.6. The van der Waals surface area contributed by atoms with Crippen molar-refractivity contribution in [1.29, 1.82) is 5.26 Å². The van der Waals surface area contributed by atoms with Crippen LogP contribution in [0.15, 0.2) is 41.0 Å². The number of anilines is 1. The lowest BCUT2D eigenvalue weighted by Gasteiger charge is -2.19. The second kappa shape index (κ2) is 5.81. The van der Waals surface area contributed by atoms with Gasteiger partial charge in [0.05, 0.1) is 5.56 Å². The maximum absolute atomic E-state index is 13.6. The second-order valence-electron chi connectivity index (χ2n) is 4.08. The van der Waals surface area contributed by atoms with Gasteiger partial charge < -0.3 is 4.90 Å². The Hall–Kier alpha value is -1.93. The lowest BCUT2D eigenvalue weighted by molar-refractivity contribution is 0.607. The highest BCUT2D eigenvalue weighted by Crippen LogP contribution is 2.21. The number of pyridine rings is 1. The summed E-state index contributed by atoms with van der Waals surface area (Å²) in [5.74, 6) is 0.277. The minimum absolute atomic E-state index is 0.259. The summed E-state index contributed by atoms with van der Waals surface area (Å²) in [4.78, 5) is 5.96. The van der Waals surface area contributed by atoms with Crippen molar-refractivity contribution in [3.8, 4) is 6.07 Å². The summed E-state index contributed by atoms with van der Waals surface area (Å²) >= 11 is 3.27. The van der Waals surface area contributed by atoms with Crippen LogP contribution in [0.4, 0.5) is 10.2 Å². The Labute approximate surface area is 119 Å². The summed E-state index contributed by atoms with van der Waals surface area (Å²) in [5.41, 5.74) is 1.02. The third kappa shape index (κ3) is 3.09. The zero-order valence-corrected chi connectivity index (χ0v) is 11.9. The average Bonchev–Trinajstić information content (AvgIpc) is 2.41. The zero-order valence-electron chi connectivity index (χ0n) is 10.3. The molecule has 0 aliphatic rings. The Balaban J connectivity index is 2.28. The number of rotatable bonds is 3. The monoisotopic (exact) mass is 319 g/mol. The zero-order chi connectivity index (χ0) is 13.8. The summed E-state index contributed by atoms with van der Waals surface area (Å²) in [6.07, 6.45) is 1.62. The Morgan fingerprint density at radius 2 is 2.16 bits per heavy atom. The van der Waals surface area contributed by atoms with Crippen molar-refractivity contribution in [1.82, 2.24) is 4.98 Å². The standard InChI is InChI=1S/C14H11BrFN3/c1-19(9-10-4-2-3-5-13(10)16)14-11(7-17)6-12(15)8-18-14/h2-6,8H,9H2,1H3. The van der Waals surface area contributed by atoms with Crippen LogP contribution in [0.2, 0.25) is 0 Å². The van der Waals surface area contributed by atoms with Gasteiger partial charge in [0, 0.05) is 29.8 Å². The van der Waals surface area contributed by atoms with Crippen molar-refractivity contribution in [2.45, 2.75) is 6.54 Å². The van der Waals surface area contributed by atoms with Gasteiger partial charge in [-0.2, -0.15) is 5.26 Å². The van der Waals surface area contributed by atoms with E-state index in [0.29, 0.717) is 23.5 Å². The van der Waals surface area contributed by atoms with E-state index in [4.69, 9.17) is 5.26 Å². The summed E-state index contributed by atoms with van der Waals surface area (Å²) < 4.78 is 14.3. The number of nitrogens with zero attached hydrogens (tertiary/aromatic N) is 3. The number of hydrogen-bond donors (Lipinski definition) is 0. The van der Waals surface area contributed by atoms with Crippen molar-refractivity contribution in [3.63, 3.8) is 0 Å². The van der Waals surface area contributed by atoms with Crippen LogP contribution < -0.4 is 4.90 Å². The second-order valence-corrected chi connectivity index (χ2v) is 5.00. The molecule has 96 valence electrons. The molecule has 0 saturated carbocycles. The Morgan fingerprint density at radius 1 is 1.42 bits per heavy atom. The van der Waals surface area contributed by atoms with E-state index in [9.17, 15) is 4.39 Å². The SMILES string of the molecule is CN(Cc1ccccc1F)c1ncc(Br)cc1C#N. The minimum atomic E-state index is -0.259. The van der Waals surface area contributed by atoms with Crippen molar-refractivity contribution in [2.24, 2.45) is 0 Å². The van der Waals surface area contributed by atoms with Crippen molar-refractivity contribution < 1.29 is 4.39 Å². The van der Waals surface area contributed by atoms with Gasteiger partial charge in [-0.25, -0.2) is 9.37 Å². The first-order valence-corrected chi connectivity index (χ1v) is 6.41. The van der Waals surface area contributed by atoms with Crippen LogP contribution in [0, 0.1) is 17.1 Å². The van der Waals surface area contributed by atoms with E-state index in [1.165, 1.54) is 6.07 Å². The molecule has 2 rings (SSSR count). The molecule has 19 heavy (non-hydrogen) atoms. The molecule has 2 aromatic rings. The average molecular weight is 320 g/mol. The number of halogens is 2. The molecular formula is C14H11BrFN3. The van der Waals surface area contributed by atoms with Gasteiger partial charge >= 0.3 is 0 Å². The summed E-state index contributed by atoms with van der Waals surface area (Å²) in [6.45, 7) is 0.357. The highest BCUT2D eigenvalue weighted by atomic mass is 79.9. The van der Waals surface area contributed by atoms with E-state index in [0.717, 1.165) is 4.47 Å². The molecule has 0 spiro atoms. The predicted molar refractivity (Wildman–Crippen MR) is 75.2 cm³/mol. The molecule has 0 aliphatic carbocycles. The third-order valence-electron chi connectivity index (χ3n) is 2.68. The third-order valence-corrected chi connectivity index (χ3v) is 3.11. The van der Waals surface area contributed by atoms with E-state index < -0.39 is 0 Å². The molecule has 1 aromatic carbocycles. The predicted octanol–water partition coefficient (Wildman–Crippen LogP) is 3.49. The highest BCUT2D eigenvalue weighted by molar-refractivity contribution is 9.10. The van der Waals surface area contributed by atoms with E-state index in [1.807, 2.05) is 0 Å². The Kier molecular flexibility index (Phi) is 4.13. The van der Waals surface area contributed by atoms with Crippen LogP contribution in [0.5, 0.6) is 0 Å². The van der Waals surface area contributed by atoms with Gasteiger partial charge in [0.25, 0.3) is 0 Å². The molecule has 3 nitrogen and oxygen atoms in total. The summed E-state index contributed by atoms with van der Waals surface area (Å²) in [7, 11) is 1.78. The molecule has 0 radical (unpaired) electrons. The first-order chi connectivity index (χ1) is 9.11. The van der Waals surface area contributed by atoms with Gasteiger partial charge in [-0.3, -0.25) is 0 Å². The van der Waals surface area contributed by atoms with Crippen molar-refractivity contribution in [3.05, 3.63) is 57.9 Å². The van der Waals surface area contributed by atoms with Crippen LogP contribution in [0.1, 0.15) is 11.1 Å². The molecule has 0 N–H and O–H groups in total. The highest BCUT2D eigenvalue weighted by Gasteiger charge is 2.11. The fourth-order valence-electron chi connectivity index (χ4n) is 1.78. The molecule has 0 unspecified atom stereocenters. The van der Waals surface area contributed by atoms with E-state index in [-0.39, 0.29) is 5.82 Å². The van der Waals surface area contributed by atoms with Crippen molar-refractivity contribution >= 4 is 21.7 Å². The van der Waals surface area contributed by atoms with Gasteiger partial charge in [0.2, 0.25) is 0 Å². The normalized spacial score (nSPS) is 10.0. The smallest absolute Gasteiger partial charge is 0.146 e. The molecule has 1 heterocycles. The topological polar surface area (TPSA) is 39.9 Å². The Morgan fingerprint density at radius 3 is 2.84 bits per heavy atom. The van der Waals surface area contributed by atoms with Crippen LogP contribution in [-0.4, -0.2) is 12.0 Å². The summed E-state index contributed by atoms with van der Waals surface area (Å²) in [5, 5.41) is 9.10. The van der Waals surface area contributed by atoms with Crippen LogP contribution >= 0.6 is 15.9 Å². The van der Waals surface area contributed by atoms with Gasteiger partial charge in [-0.15, -0.1) is 0 Å². The quantitative estimate of drug-likeness (QED) is 0.869. The van der Waals surface area contributed by atoms with Gasteiger partial charge in [-0.1, -0.05) is 18.2 Å². The van der Waals surface area contributed by atoms with Crippen LogP contribution in [0.25, 0.3) is 0 Å². The van der Waals surface area contributed by atoms with E-state index in [2.05, 4.69) is 27.0 Å². The molecule has 0 fully saturated rings. The molecule has 0 bridgehead atoms. The van der Waals surface area contributed by atoms with Crippen LogP contribution in [-0.2, 0) is 6.54 Å². The molecule has 0 aliphatic heterocycles. The fraction of sp³-hybridized carbons (Fsp3) is 0.143. The maximum Gasteiger partial charge on any atom is 0.146 e. The molecule has 1 aromatic heterocycles. The molecular weight excluding hydrogens is 309 g/mol. The van der Waals surface area contributed by atoms with Gasteiger partial charge in [-0.05, 0) is 28.1 Å². The van der Waals surface area contributed by atoms with Crippen LogP contribution in [0.3, 0.4) is 0 Å². The number of aromatic nitrogens is 1. The molecule has 0 atom stereocenters. The molecule has 0 saturated heterocycles. The van der Waals surface area contributed by atoms with Gasteiger partial charge in [0.1, 0.15) is 17.7 Å². The lowest BCUT2D eigenvalue weighted by atomic mass is 10.2. The minimum Gasteiger partial charge on any atom is -0.354 e. The number of nitriles is 1. The first kappa shape index (κ1) is 13.5. The fourth-order valence-corrected chi connectivity index (χ4v) is 2.11. The molecule has 5 heteroatoms. The lowest BCUT2D eigenvalue weighted by Crippen LogP contribution is -2.19. The van der Waals surface area contributed by atoms with Gasteiger partial charge in [0.15, 0.2) is 0 Å². The number of benzene rings is 1. The number of hydrogen-bond acceptors (Lipinski definition) is 3. The van der Waals surface area contributed by atoms with Crippen molar-refractivity contribution in [2.75, 3.05) is 11.9 Å². The molecule has 0 amide bonds. The first-order valence-electron chi connectivity index (χ1n) is 5.62.